The number of piperazine rings is 2. The fourth-order valence-electron chi connectivity index (χ4n) is 5.78. The second kappa shape index (κ2) is 10.3. The molecule has 39 heavy (non-hydrogen) atoms. The van der Waals surface area contributed by atoms with E-state index in [1.54, 1.807) is 16.7 Å². The number of benzene rings is 1. The summed E-state index contributed by atoms with van der Waals surface area (Å²) in [7, 11) is 0. The Hall–Kier alpha value is -3.37. The van der Waals surface area contributed by atoms with Gasteiger partial charge in [0.2, 0.25) is 11.8 Å². The molecule has 2 amide bonds. The molecule has 0 aliphatic carbocycles. The molecule has 3 aliphatic heterocycles. The second-order valence-electron chi connectivity index (χ2n) is 10.9. The van der Waals surface area contributed by atoms with Crippen molar-refractivity contribution in [3.63, 3.8) is 0 Å². The number of aromatic nitrogens is 1. The van der Waals surface area contributed by atoms with E-state index in [1.165, 1.54) is 24.3 Å². The number of carbonyl (C=O) groups is 2. The molecule has 9 nitrogen and oxygen atoms in total. The van der Waals surface area contributed by atoms with Crippen LogP contribution in [0.15, 0.2) is 30.9 Å². The van der Waals surface area contributed by atoms with Crippen LogP contribution in [-0.4, -0.2) is 94.1 Å². The number of nitrogens with zero attached hydrogens (tertiary/aromatic N) is 5. The minimum atomic E-state index is -0.652. The average Bonchev–Trinajstić information content (AvgIpc) is 3.08. The lowest BCUT2D eigenvalue weighted by Crippen LogP contribution is -2.61. The molecule has 0 saturated carbocycles. The van der Waals surface area contributed by atoms with Gasteiger partial charge in [-0.25, -0.2) is 9.37 Å². The summed E-state index contributed by atoms with van der Waals surface area (Å²) < 4.78 is 21.4. The Balaban J connectivity index is 1.63. The third-order valence-electron chi connectivity index (χ3n) is 7.87. The number of carbonyl (C=O) groups excluding carboxylic acids is 2. The lowest BCUT2D eigenvalue weighted by atomic mass is 9.97. The van der Waals surface area contributed by atoms with E-state index in [4.69, 9.17) is 21.3 Å². The van der Waals surface area contributed by atoms with Crippen LogP contribution in [0.5, 0.6) is 11.5 Å². The van der Waals surface area contributed by atoms with Crippen molar-refractivity contribution >= 4 is 29.2 Å². The number of fused-ring (bicyclic) bond motifs is 2. The van der Waals surface area contributed by atoms with Crippen molar-refractivity contribution in [1.29, 1.82) is 0 Å². The third-order valence-corrected chi connectivity index (χ3v) is 8.22. The Morgan fingerprint density at radius 3 is 2.64 bits per heavy atom. The van der Waals surface area contributed by atoms with E-state index in [2.05, 4.69) is 16.4 Å². The zero-order chi connectivity index (χ0) is 28.1. The maximum Gasteiger partial charge on any atom is 0.246 e. The van der Waals surface area contributed by atoms with Gasteiger partial charge in [0.05, 0.1) is 22.7 Å². The highest BCUT2D eigenvalue weighted by Gasteiger charge is 2.41. The Bertz CT molecular complexity index is 1320. The predicted molar refractivity (Wildman–Crippen MR) is 146 cm³/mol. The van der Waals surface area contributed by atoms with Crippen molar-refractivity contribution in [2.24, 2.45) is 0 Å². The molecule has 2 aromatic rings. The molecule has 1 aromatic carbocycles. The van der Waals surface area contributed by atoms with E-state index in [1.807, 2.05) is 13.8 Å². The molecule has 11 heteroatoms. The number of aromatic hydroxyl groups is 1. The summed E-state index contributed by atoms with van der Waals surface area (Å²) in [4.78, 5) is 37.3. The number of phenolic OH excluding ortho intramolecular Hbond substituents is 1. The third kappa shape index (κ3) is 4.91. The van der Waals surface area contributed by atoms with Crippen molar-refractivity contribution in [3.05, 3.63) is 47.3 Å². The van der Waals surface area contributed by atoms with E-state index in [0.717, 1.165) is 5.56 Å². The molecular weight excluding hydrogens is 525 g/mol. The van der Waals surface area contributed by atoms with Crippen LogP contribution in [0.1, 0.15) is 26.3 Å². The highest BCUT2D eigenvalue weighted by molar-refractivity contribution is 6.35. The fourth-order valence-corrected chi connectivity index (χ4v) is 6.09. The quantitative estimate of drug-likeness (QED) is 0.579. The second-order valence-corrected chi connectivity index (χ2v) is 11.2. The van der Waals surface area contributed by atoms with Crippen LogP contribution in [0.4, 0.5) is 10.2 Å². The first kappa shape index (κ1) is 27.2. The van der Waals surface area contributed by atoms with Gasteiger partial charge in [0.25, 0.3) is 0 Å². The van der Waals surface area contributed by atoms with Gasteiger partial charge in [-0.15, -0.1) is 0 Å². The van der Waals surface area contributed by atoms with Gasteiger partial charge in [-0.3, -0.25) is 14.5 Å². The summed E-state index contributed by atoms with van der Waals surface area (Å²) >= 11 is 6.89. The number of hydrogen-bond donors (Lipinski definition) is 1. The SMILES string of the molecule is C=CC(=O)N1CCN2Cc3c(N4CCN(C(C)=O)CC4(C)C)nc(-c4c(O)cccc4F)c(Cl)c3OC[C@H]2C1. The van der Waals surface area contributed by atoms with Gasteiger partial charge >= 0.3 is 0 Å². The minimum Gasteiger partial charge on any atom is -0.507 e. The van der Waals surface area contributed by atoms with Gasteiger partial charge in [0.15, 0.2) is 0 Å². The standard InChI is InChI=1S/C28H33ClFN5O4/c1-5-22(38)33-10-9-32-14-19-26(39-15-18(32)13-33)24(29)25(23-20(30)7-6-8-21(23)37)31-27(19)35-12-11-34(17(2)36)16-28(35,3)4/h5-8,18,37H,1,9-16H2,2-4H3/t18-/m1/s1. The molecule has 3 aliphatic rings. The monoisotopic (exact) mass is 557 g/mol. The predicted octanol–water partition coefficient (Wildman–Crippen LogP) is 3.29. The van der Waals surface area contributed by atoms with Gasteiger partial charge in [0.1, 0.15) is 40.5 Å². The van der Waals surface area contributed by atoms with Gasteiger partial charge in [0, 0.05) is 52.7 Å². The molecule has 0 spiro atoms. The van der Waals surface area contributed by atoms with Crippen molar-refractivity contribution < 1.29 is 23.8 Å². The average molecular weight is 558 g/mol. The first-order chi connectivity index (χ1) is 18.5. The molecule has 2 saturated heterocycles. The maximum absolute atomic E-state index is 15.1. The smallest absolute Gasteiger partial charge is 0.246 e. The number of rotatable bonds is 3. The fraction of sp³-hybridized carbons (Fsp3) is 0.464. The number of phenols is 1. The van der Waals surface area contributed by atoms with E-state index < -0.39 is 11.4 Å². The Kier molecular flexibility index (Phi) is 7.19. The largest absolute Gasteiger partial charge is 0.507 e. The summed E-state index contributed by atoms with van der Waals surface area (Å²) in [6.07, 6.45) is 1.32. The normalized spacial score (nSPS) is 20.9. The summed E-state index contributed by atoms with van der Waals surface area (Å²) in [5.74, 6) is -0.0910. The number of anilines is 1. The van der Waals surface area contributed by atoms with Crippen molar-refractivity contribution in [2.75, 3.05) is 50.8 Å². The van der Waals surface area contributed by atoms with E-state index >= 15 is 4.39 Å². The van der Waals surface area contributed by atoms with Crippen LogP contribution in [0.25, 0.3) is 11.3 Å². The highest BCUT2D eigenvalue weighted by Crippen LogP contribution is 2.47. The summed E-state index contributed by atoms with van der Waals surface area (Å²) in [6.45, 7) is 13.1. The van der Waals surface area contributed by atoms with E-state index in [0.29, 0.717) is 57.4 Å². The van der Waals surface area contributed by atoms with E-state index in [-0.39, 0.29) is 46.5 Å². The Morgan fingerprint density at radius 2 is 1.97 bits per heavy atom. The number of amides is 2. The van der Waals surface area contributed by atoms with Crippen molar-refractivity contribution in [1.82, 2.24) is 19.7 Å². The molecule has 2 fully saturated rings. The molecule has 4 heterocycles. The molecule has 0 bridgehead atoms. The topological polar surface area (TPSA) is 89.5 Å². The van der Waals surface area contributed by atoms with Crippen LogP contribution >= 0.6 is 11.6 Å². The first-order valence-corrected chi connectivity index (χ1v) is 13.4. The summed E-state index contributed by atoms with van der Waals surface area (Å²) in [5, 5.41) is 10.7. The molecular formula is C28H33ClFN5O4. The van der Waals surface area contributed by atoms with Crippen LogP contribution in [0.3, 0.4) is 0 Å². The van der Waals surface area contributed by atoms with Gasteiger partial charge < -0.3 is 24.5 Å². The minimum absolute atomic E-state index is 0.000652. The summed E-state index contributed by atoms with van der Waals surface area (Å²) in [6, 6.07) is 3.97. The van der Waals surface area contributed by atoms with Crippen LogP contribution < -0.4 is 9.64 Å². The van der Waals surface area contributed by atoms with Crippen LogP contribution in [0, 0.1) is 5.82 Å². The van der Waals surface area contributed by atoms with Crippen LogP contribution in [-0.2, 0) is 16.1 Å². The van der Waals surface area contributed by atoms with E-state index in [9.17, 15) is 14.7 Å². The molecule has 1 atom stereocenters. The highest BCUT2D eigenvalue weighted by atomic mass is 35.5. The first-order valence-electron chi connectivity index (χ1n) is 13.0. The van der Waals surface area contributed by atoms with Crippen LogP contribution in [0.2, 0.25) is 5.02 Å². The van der Waals surface area contributed by atoms with Gasteiger partial charge in [-0.2, -0.15) is 0 Å². The number of ether oxygens (including phenoxy) is 1. The zero-order valence-electron chi connectivity index (χ0n) is 22.4. The molecule has 1 aromatic heterocycles. The molecule has 1 N–H and O–H groups in total. The number of pyridine rings is 1. The molecule has 5 rings (SSSR count). The molecule has 0 unspecified atom stereocenters. The maximum atomic E-state index is 15.1. The Morgan fingerprint density at radius 1 is 1.23 bits per heavy atom. The molecule has 208 valence electrons. The summed E-state index contributed by atoms with van der Waals surface area (Å²) in [5.41, 5.74) is 0.248. The van der Waals surface area contributed by atoms with Gasteiger partial charge in [-0.1, -0.05) is 24.2 Å². The lowest BCUT2D eigenvalue weighted by Gasteiger charge is -2.48. The zero-order valence-corrected chi connectivity index (χ0v) is 23.2. The number of halogens is 2. The van der Waals surface area contributed by atoms with Crippen molar-refractivity contribution in [2.45, 2.75) is 38.9 Å². The van der Waals surface area contributed by atoms with Crippen molar-refractivity contribution in [3.8, 4) is 22.8 Å². The lowest BCUT2D eigenvalue weighted by molar-refractivity contribution is -0.130. The van der Waals surface area contributed by atoms with Gasteiger partial charge in [-0.05, 0) is 32.1 Å². The molecule has 0 radical (unpaired) electrons. The Labute approximate surface area is 232 Å². The number of hydrogen-bond acceptors (Lipinski definition) is 7.